The fourth-order valence-electron chi connectivity index (χ4n) is 2.17. The molecule has 0 aliphatic heterocycles. The molecule has 0 spiro atoms. The lowest BCUT2D eigenvalue weighted by molar-refractivity contribution is -0.154. The number of halogens is 1. The zero-order chi connectivity index (χ0) is 15.3. The van der Waals surface area contributed by atoms with Gasteiger partial charge >= 0.3 is 5.97 Å². The Balaban J connectivity index is 3.19. The monoisotopic (exact) mass is 288 g/mol. The lowest BCUT2D eigenvalue weighted by Crippen LogP contribution is -2.23. The van der Waals surface area contributed by atoms with Crippen molar-refractivity contribution in [2.24, 2.45) is 0 Å². The third kappa shape index (κ3) is 15.5. The van der Waals surface area contributed by atoms with Gasteiger partial charge in [0, 0.05) is 6.42 Å². The lowest BCUT2D eigenvalue weighted by Gasteiger charge is -2.19. The van der Waals surface area contributed by atoms with Crippen LogP contribution in [-0.4, -0.2) is 18.2 Å². The zero-order valence-corrected chi connectivity index (χ0v) is 13.7. The number of carbonyl (C=O) groups is 1. The molecule has 0 aromatic rings. The highest BCUT2D eigenvalue weighted by atomic mass is 19.1. The molecule has 0 atom stereocenters. The minimum absolute atomic E-state index is 0.0784. The van der Waals surface area contributed by atoms with Crippen LogP contribution in [0.5, 0.6) is 0 Å². The molecule has 2 nitrogen and oxygen atoms in total. The summed E-state index contributed by atoms with van der Waals surface area (Å²) >= 11 is 0. The molecule has 20 heavy (non-hydrogen) atoms. The van der Waals surface area contributed by atoms with Gasteiger partial charge < -0.3 is 4.74 Å². The van der Waals surface area contributed by atoms with Crippen LogP contribution < -0.4 is 0 Å². The molecule has 3 heteroatoms. The summed E-state index contributed by atoms with van der Waals surface area (Å²) in [5.74, 6) is -0.0784. The average molecular weight is 288 g/mol. The number of unbranched alkanes of at least 4 members (excludes halogenated alkanes) is 9. The fraction of sp³-hybridized carbons (Fsp3) is 0.941. The molecule has 0 aromatic heterocycles. The van der Waals surface area contributed by atoms with E-state index in [1.807, 2.05) is 20.8 Å². The van der Waals surface area contributed by atoms with Gasteiger partial charge in [-0.25, -0.2) is 0 Å². The number of esters is 1. The Bertz CT molecular complexity index is 234. The van der Waals surface area contributed by atoms with Crippen molar-refractivity contribution in [2.45, 2.75) is 97.0 Å². The first-order valence-electron chi connectivity index (χ1n) is 8.23. The second-order valence-corrected chi connectivity index (χ2v) is 6.56. The van der Waals surface area contributed by atoms with Gasteiger partial charge in [0.1, 0.15) is 5.60 Å². The third-order valence-electron chi connectivity index (χ3n) is 3.18. The molecule has 0 N–H and O–H groups in total. The van der Waals surface area contributed by atoms with E-state index in [1.165, 1.54) is 38.5 Å². The van der Waals surface area contributed by atoms with Crippen molar-refractivity contribution < 1.29 is 13.9 Å². The van der Waals surface area contributed by atoms with Gasteiger partial charge in [-0.1, -0.05) is 51.4 Å². The van der Waals surface area contributed by atoms with Gasteiger partial charge in [-0.2, -0.15) is 0 Å². The molecular weight excluding hydrogens is 255 g/mol. The summed E-state index contributed by atoms with van der Waals surface area (Å²) < 4.78 is 17.1. The predicted octanol–water partition coefficient (Wildman–Crippen LogP) is 5.59. The molecule has 0 heterocycles. The second-order valence-electron chi connectivity index (χ2n) is 6.56. The topological polar surface area (TPSA) is 26.3 Å². The normalized spacial score (nSPS) is 11.6. The van der Waals surface area contributed by atoms with Crippen LogP contribution >= 0.6 is 0 Å². The van der Waals surface area contributed by atoms with Crippen LogP contribution in [0.15, 0.2) is 0 Å². The van der Waals surface area contributed by atoms with E-state index in [1.54, 1.807) is 0 Å². The molecule has 120 valence electrons. The number of ether oxygens (including phenoxy) is 1. The highest BCUT2D eigenvalue weighted by molar-refractivity contribution is 5.69. The Labute approximate surface area is 124 Å². The molecule has 0 bridgehead atoms. The minimum atomic E-state index is -0.362. The maximum absolute atomic E-state index is 11.9. The lowest BCUT2D eigenvalue weighted by atomic mass is 10.1. The zero-order valence-electron chi connectivity index (χ0n) is 13.7. The molecule has 0 aliphatic carbocycles. The Kier molecular flexibility index (Phi) is 11.8. The summed E-state index contributed by atoms with van der Waals surface area (Å²) in [5, 5.41) is 0. The van der Waals surface area contributed by atoms with Crippen LogP contribution in [0.25, 0.3) is 0 Å². The highest BCUT2D eigenvalue weighted by Gasteiger charge is 2.15. The molecule has 0 aliphatic rings. The number of hydrogen-bond acceptors (Lipinski definition) is 2. The first-order valence-corrected chi connectivity index (χ1v) is 8.23. The fourth-order valence-corrected chi connectivity index (χ4v) is 2.17. The summed E-state index contributed by atoms with van der Waals surface area (Å²) in [6, 6.07) is 0. The molecule has 0 aromatic carbocycles. The largest absolute Gasteiger partial charge is 0.460 e. The van der Waals surface area contributed by atoms with Crippen LogP contribution in [0.3, 0.4) is 0 Å². The smallest absolute Gasteiger partial charge is 0.306 e. The van der Waals surface area contributed by atoms with Crippen molar-refractivity contribution >= 4 is 5.97 Å². The molecule has 0 saturated heterocycles. The first-order chi connectivity index (χ1) is 9.45. The van der Waals surface area contributed by atoms with Gasteiger partial charge in [0.15, 0.2) is 0 Å². The van der Waals surface area contributed by atoms with Gasteiger partial charge in [-0.05, 0) is 33.6 Å². The van der Waals surface area contributed by atoms with Crippen LogP contribution in [0.4, 0.5) is 4.39 Å². The maximum Gasteiger partial charge on any atom is 0.306 e. The third-order valence-corrected chi connectivity index (χ3v) is 3.18. The van der Waals surface area contributed by atoms with E-state index in [0.29, 0.717) is 6.42 Å². The van der Waals surface area contributed by atoms with E-state index in [4.69, 9.17) is 4.74 Å². The average Bonchev–Trinajstić information content (AvgIpc) is 2.34. The van der Waals surface area contributed by atoms with Crippen LogP contribution in [0.2, 0.25) is 0 Å². The standard InChI is InChI=1S/C17H33FO2/c1-17(2,3)20-16(19)14-12-10-8-6-4-5-7-9-11-13-15-18/h4-15H2,1-3H3. The van der Waals surface area contributed by atoms with Crippen LogP contribution in [0.1, 0.15) is 91.4 Å². The Morgan fingerprint density at radius 1 is 0.800 bits per heavy atom. The molecule has 0 unspecified atom stereocenters. The molecular formula is C17H33FO2. The number of alkyl halides is 1. The van der Waals surface area contributed by atoms with E-state index in [9.17, 15) is 9.18 Å². The Morgan fingerprint density at radius 3 is 1.60 bits per heavy atom. The summed E-state index contributed by atoms with van der Waals surface area (Å²) in [6.45, 7) is 5.53. The summed E-state index contributed by atoms with van der Waals surface area (Å²) in [4.78, 5) is 11.5. The summed E-state index contributed by atoms with van der Waals surface area (Å²) in [5.41, 5.74) is -0.362. The Morgan fingerprint density at radius 2 is 1.20 bits per heavy atom. The van der Waals surface area contributed by atoms with Gasteiger partial charge in [0.2, 0.25) is 0 Å². The highest BCUT2D eigenvalue weighted by Crippen LogP contribution is 2.13. The Hall–Kier alpha value is -0.600. The molecule has 0 radical (unpaired) electrons. The molecule has 0 saturated carbocycles. The molecule has 0 fully saturated rings. The SMILES string of the molecule is CC(C)(C)OC(=O)CCCCCCCCCCCCF. The van der Waals surface area contributed by atoms with E-state index < -0.39 is 0 Å². The molecule has 0 rings (SSSR count). The van der Waals surface area contributed by atoms with Gasteiger partial charge in [-0.3, -0.25) is 9.18 Å². The van der Waals surface area contributed by atoms with Crippen LogP contribution in [-0.2, 0) is 9.53 Å². The van der Waals surface area contributed by atoms with Crippen molar-refractivity contribution in [1.82, 2.24) is 0 Å². The van der Waals surface area contributed by atoms with Crippen molar-refractivity contribution in [3.05, 3.63) is 0 Å². The van der Waals surface area contributed by atoms with E-state index in [-0.39, 0.29) is 18.2 Å². The van der Waals surface area contributed by atoms with Crippen LogP contribution in [0, 0.1) is 0 Å². The van der Waals surface area contributed by atoms with Gasteiger partial charge in [-0.15, -0.1) is 0 Å². The molecule has 0 amide bonds. The van der Waals surface area contributed by atoms with Gasteiger partial charge in [0.25, 0.3) is 0 Å². The maximum atomic E-state index is 11.9. The number of rotatable bonds is 12. The van der Waals surface area contributed by atoms with Crippen molar-refractivity contribution in [1.29, 1.82) is 0 Å². The van der Waals surface area contributed by atoms with Crippen molar-refractivity contribution in [3.8, 4) is 0 Å². The van der Waals surface area contributed by atoms with Crippen molar-refractivity contribution in [2.75, 3.05) is 6.67 Å². The summed E-state index contributed by atoms with van der Waals surface area (Å²) in [6.07, 6.45) is 11.7. The number of carbonyl (C=O) groups excluding carboxylic acids is 1. The van der Waals surface area contributed by atoms with Gasteiger partial charge in [0.05, 0.1) is 6.67 Å². The van der Waals surface area contributed by atoms with E-state index in [0.717, 1.165) is 25.7 Å². The number of hydrogen-bond donors (Lipinski definition) is 0. The van der Waals surface area contributed by atoms with E-state index >= 15 is 0 Å². The van der Waals surface area contributed by atoms with E-state index in [2.05, 4.69) is 0 Å². The first kappa shape index (κ1) is 19.4. The quantitative estimate of drug-likeness (QED) is 0.346. The minimum Gasteiger partial charge on any atom is -0.460 e. The second kappa shape index (κ2) is 12.2. The predicted molar refractivity (Wildman–Crippen MR) is 82.6 cm³/mol. The summed E-state index contributed by atoms with van der Waals surface area (Å²) in [7, 11) is 0. The van der Waals surface area contributed by atoms with Crippen molar-refractivity contribution in [3.63, 3.8) is 0 Å².